The second-order valence-electron chi connectivity index (χ2n) is 14.5. The molecule has 7 atom stereocenters. The largest absolute Gasteiger partial charge is 0.497 e. The van der Waals surface area contributed by atoms with E-state index in [-0.39, 0.29) is 37.8 Å². The van der Waals surface area contributed by atoms with Crippen LogP contribution in [0.4, 0.5) is 4.79 Å². The van der Waals surface area contributed by atoms with E-state index in [4.69, 9.17) is 18.9 Å². The van der Waals surface area contributed by atoms with Gasteiger partial charge in [-0.3, -0.25) is 19.1 Å². The Morgan fingerprint density at radius 3 is 2.58 bits per heavy atom. The van der Waals surface area contributed by atoms with Crippen molar-refractivity contribution >= 4 is 44.7 Å². The van der Waals surface area contributed by atoms with Gasteiger partial charge in [0.2, 0.25) is 27.7 Å². The van der Waals surface area contributed by atoms with E-state index >= 15 is 0 Å². The fraction of sp³-hybridized carbons (Fsp3) is 0.583. The summed E-state index contributed by atoms with van der Waals surface area (Å²) in [5.74, 6) is -1.60. The van der Waals surface area contributed by atoms with Crippen LogP contribution >= 0.6 is 0 Å². The number of pyridine rings is 1. The lowest BCUT2D eigenvalue weighted by molar-refractivity contribution is -0.145. The standard InChI is InChI=1S/C36H47N5O11S/c1-6-27-30(38-34(45)46)32(43)41-19-23(52-28-17-29(50-5)37-25-15-22(49-4)11-12-24(25)28)16-26(41)31(42)39-36(18-21(36)10-8-7-9-20(2)51-27)33(44)40-53(47,48)35(3)13-14-35/h8,10-12,15,17,20-21,23,26-27,30,38H,6-7,9,13-14,16,18-19H2,1-5H3,(H,39,42)(H,40,44)(H,45,46)/b10-8-/t20-,21-,23-,26+,27+,30+,36-/m1/s1. The van der Waals surface area contributed by atoms with E-state index < -0.39 is 74.3 Å². The van der Waals surface area contributed by atoms with Crippen LogP contribution in [0.1, 0.15) is 65.7 Å². The minimum atomic E-state index is -4.03. The Morgan fingerprint density at radius 1 is 1.17 bits per heavy atom. The van der Waals surface area contributed by atoms with E-state index in [2.05, 4.69) is 20.3 Å². The number of ether oxygens (including phenoxy) is 4. The van der Waals surface area contributed by atoms with Gasteiger partial charge in [0.05, 0.1) is 43.2 Å². The van der Waals surface area contributed by atoms with Gasteiger partial charge in [0.15, 0.2) is 0 Å². The normalized spacial score (nSPS) is 30.4. The average molecular weight is 758 g/mol. The molecule has 4 amide bonds. The molecular weight excluding hydrogens is 710 g/mol. The van der Waals surface area contributed by atoms with Crippen LogP contribution in [0.2, 0.25) is 0 Å². The molecule has 4 N–H and O–H groups in total. The number of sulfonamides is 1. The fourth-order valence-electron chi connectivity index (χ4n) is 7.10. The predicted molar refractivity (Wildman–Crippen MR) is 191 cm³/mol. The molecule has 2 aliphatic heterocycles. The van der Waals surface area contributed by atoms with Crippen LogP contribution in [0.15, 0.2) is 36.4 Å². The molecule has 0 bridgehead atoms. The minimum Gasteiger partial charge on any atom is -0.497 e. The first-order valence-corrected chi connectivity index (χ1v) is 19.3. The van der Waals surface area contributed by atoms with Gasteiger partial charge >= 0.3 is 6.09 Å². The summed E-state index contributed by atoms with van der Waals surface area (Å²) in [5, 5.41) is 15.6. The van der Waals surface area contributed by atoms with Gasteiger partial charge in [0.25, 0.3) is 5.91 Å². The summed E-state index contributed by atoms with van der Waals surface area (Å²) in [7, 11) is -1.04. The third-order valence-electron chi connectivity index (χ3n) is 10.7. The second kappa shape index (κ2) is 14.6. The minimum absolute atomic E-state index is 0.0394. The summed E-state index contributed by atoms with van der Waals surface area (Å²) >= 11 is 0. The summed E-state index contributed by atoms with van der Waals surface area (Å²) in [6.45, 7) is 5.04. The molecule has 3 heterocycles. The van der Waals surface area contributed by atoms with Crippen molar-refractivity contribution in [2.75, 3.05) is 20.8 Å². The van der Waals surface area contributed by atoms with E-state index in [0.29, 0.717) is 48.1 Å². The van der Waals surface area contributed by atoms with Crippen LogP contribution in [-0.2, 0) is 29.1 Å². The molecule has 16 nitrogen and oxygen atoms in total. The number of carboxylic acid groups (broad SMARTS) is 1. The number of hydrogen-bond acceptors (Lipinski definition) is 11. The van der Waals surface area contributed by atoms with Gasteiger partial charge in [-0.1, -0.05) is 19.1 Å². The number of rotatable bonds is 9. The molecule has 17 heteroatoms. The zero-order valence-electron chi connectivity index (χ0n) is 30.4. The Morgan fingerprint density at radius 2 is 1.92 bits per heavy atom. The van der Waals surface area contributed by atoms with Gasteiger partial charge in [0.1, 0.15) is 35.2 Å². The SMILES string of the molecule is CC[C@@H]1O[C@H](C)CC/C=C\[C@@H]2C[C@@]2(C(=O)NS(=O)(=O)C2(C)CC2)NC(=O)[C@@H]2C[C@@H](Oc3cc(OC)nc4cc(OC)ccc34)CN2C(=O)[C@H]1NC(=O)O. The number of benzene rings is 1. The first kappa shape index (κ1) is 38.1. The predicted octanol–water partition coefficient (Wildman–Crippen LogP) is 2.64. The highest BCUT2D eigenvalue weighted by Gasteiger charge is 2.63. The first-order chi connectivity index (χ1) is 25.1. The fourth-order valence-corrected chi connectivity index (χ4v) is 8.41. The van der Waals surface area contributed by atoms with Gasteiger partial charge in [-0.15, -0.1) is 0 Å². The van der Waals surface area contributed by atoms with Crippen LogP contribution in [-0.4, -0.2) is 109 Å². The van der Waals surface area contributed by atoms with E-state index in [1.54, 1.807) is 44.2 Å². The van der Waals surface area contributed by atoms with Crippen LogP contribution in [0, 0.1) is 5.92 Å². The van der Waals surface area contributed by atoms with Crippen LogP contribution in [0.3, 0.4) is 0 Å². The molecule has 0 unspecified atom stereocenters. The van der Waals surface area contributed by atoms with Gasteiger partial charge in [-0.25, -0.2) is 18.2 Å². The number of allylic oxidation sites excluding steroid dienone is 1. The number of nitrogens with zero attached hydrogens (tertiary/aromatic N) is 2. The molecule has 2 aromatic rings. The third kappa shape index (κ3) is 7.72. The Balaban J connectivity index is 1.36. The maximum absolute atomic E-state index is 14.5. The molecule has 4 aliphatic rings. The van der Waals surface area contributed by atoms with E-state index in [1.807, 2.05) is 13.0 Å². The highest BCUT2D eigenvalue weighted by Crippen LogP contribution is 2.47. The molecule has 3 fully saturated rings. The van der Waals surface area contributed by atoms with Crippen molar-refractivity contribution in [2.45, 2.75) is 106 Å². The van der Waals surface area contributed by atoms with Gasteiger partial charge in [-0.05, 0) is 64.5 Å². The van der Waals surface area contributed by atoms with Crippen LogP contribution < -0.4 is 29.6 Å². The summed E-state index contributed by atoms with van der Waals surface area (Å²) in [6.07, 6.45) is 2.43. The molecule has 0 spiro atoms. The van der Waals surface area contributed by atoms with E-state index in [1.165, 1.54) is 19.1 Å². The van der Waals surface area contributed by atoms with Crippen LogP contribution in [0.5, 0.6) is 17.4 Å². The topological polar surface area (TPSA) is 212 Å². The third-order valence-corrected chi connectivity index (χ3v) is 12.9. The summed E-state index contributed by atoms with van der Waals surface area (Å²) in [5.41, 5.74) is -1.07. The molecule has 1 aromatic heterocycles. The van der Waals surface area contributed by atoms with Crippen molar-refractivity contribution in [3.05, 3.63) is 36.4 Å². The molecule has 288 valence electrons. The average Bonchev–Trinajstić information content (AvgIpc) is 4.00. The molecule has 53 heavy (non-hydrogen) atoms. The zero-order chi connectivity index (χ0) is 38.3. The monoisotopic (exact) mass is 757 g/mol. The van der Waals surface area contributed by atoms with Gasteiger partial charge < -0.3 is 39.6 Å². The molecule has 2 aliphatic carbocycles. The Hall–Kier alpha value is -4.64. The first-order valence-electron chi connectivity index (χ1n) is 17.8. The van der Waals surface area contributed by atoms with Crippen molar-refractivity contribution < 1.29 is 51.6 Å². The van der Waals surface area contributed by atoms with Gasteiger partial charge in [0, 0.05) is 29.9 Å². The molecule has 0 radical (unpaired) electrons. The lowest BCUT2D eigenvalue weighted by atomic mass is 10.0. The van der Waals surface area contributed by atoms with E-state index in [9.17, 15) is 32.7 Å². The summed E-state index contributed by atoms with van der Waals surface area (Å²) in [6, 6.07) is 4.20. The van der Waals surface area contributed by atoms with Crippen LogP contribution in [0.25, 0.3) is 10.9 Å². The lowest BCUT2D eigenvalue weighted by Crippen LogP contribution is -2.60. The highest BCUT2D eigenvalue weighted by molar-refractivity contribution is 7.91. The zero-order valence-corrected chi connectivity index (χ0v) is 31.2. The summed E-state index contributed by atoms with van der Waals surface area (Å²) < 4.78 is 50.9. The smallest absolute Gasteiger partial charge is 0.405 e. The summed E-state index contributed by atoms with van der Waals surface area (Å²) in [4.78, 5) is 60.5. The number of carbonyl (C=O) groups excluding carboxylic acids is 3. The molecular formula is C36H47N5O11S. The highest BCUT2D eigenvalue weighted by atomic mass is 32.2. The Bertz CT molecular complexity index is 1910. The number of fused-ring (bicyclic) bond motifs is 3. The molecule has 2 saturated carbocycles. The lowest BCUT2D eigenvalue weighted by Gasteiger charge is -2.33. The second-order valence-corrected chi connectivity index (χ2v) is 16.7. The Labute approximate surface area is 308 Å². The van der Waals surface area contributed by atoms with Crippen molar-refractivity contribution in [2.24, 2.45) is 5.92 Å². The van der Waals surface area contributed by atoms with Crippen molar-refractivity contribution in [3.63, 3.8) is 0 Å². The number of nitrogens with one attached hydrogen (secondary N) is 3. The molecule has 6 rings (SSSR count). The maximum atomic E-state index is 14.5. The van der Waals surface area contributed by atoms with Crippen molar-refractivity contribution in [3.8, 4) is 17.4 Å². The Kier molecular flexibility index (Phi) is 10.5. The maximum Gasteiger partial charge on any atom is 0.405 e. The number of carbonyl (C=O) groups is 4. The number of methoxy groups -OCH3 is 2. The van der Waals surface area contributed by atoms with Gasteiger partial charge in [-0.2, -0.15) is 0 Å². The quantitative estimate of drug-likeness (QED) is 0.272. The number of hydrogen-bond donors (Lipinski definition) is 4. The molecule has 1 saturated heterocycles. The number of aromatic nitrogens is 1. The van der Waals surface area contributed by atoms with Crippen molar-refractivity contribution in [1.29, 1.82) is 0 Å². The van der Waals surface area contributed by atoms with E-state index in [0.717, 1.165) is 0 Å². The number of amides is 4. The van der Waals surface area contributed by atoms with Crippen molar-refractivity contribution in [1.82, 2.24) is 25.2 Å². The molecule has 1 aromatic carbocycles.